The van der Waals surface area contributed by atoms with Crippen molar-refractivity contribution in [2.24, 2.45) is 7.05 Å². The Morgan fingerprint density at radius 1 is 0.812 bits per heavy atom. The van der Waals surface area contributed by atoms with Crippen LogP contribution < -0.4 is 16.3 Å². The third-order valence-electron chi connectivity index (χ3n) is 13.6. The molecule has 0 radical (unpaired) electrons. The Balaban J connectivity index is 0.773. The van der Waals surface area contributed by atoms with Crippen molar-refractivity contribution in [1.29, 1.82) is 0 Å². The Labute approximate surface area is 392 Å². The second-order valence-corrected chi connectivity index (χ2v) is 18.3. The molecule has 2 aliphatic heterocycles. The number of aromatic nitrogens is 5. The van der Waals surface area contributed by atoms with Gasteiger partial charge in [0, 0.05) is 94.4 Å². The minimum atomic E-state index is -5.01. The van der Waals surface area contributed by atoms with Gasteiger partial charge >= 0.3 is 18.0 Å². The summed E-state index contributed by atoms with van der Waals surface area (Å²) in [6.07, 6.45) is -2.38. The quantitative estimate of drug-likeness (QED) is 0.0562. The van der Waals surface area contributed by atoms with Crippen molar-refractivity contribution in [1.82, 2.24) is 38.8 Å². The Morgan fingerprint density at radius 2 is 1.49 bits per heavy atom. The van der Waals surface area contributed by atoms with Gasteiger partial charge in [-0.1, -0.05) is 30.3 Å². The minimum Gasteiger partial charge on any atom is -0.393 e. The van der Waals surface area contributed by atoms with Gasteiger partial charge in [0.25, 0.3) is 0 Å². The van der Waals surface area contributed by atoms with Gasteiger partial charge in [0.2, 0.25) is 17.8 Å². The van der Waals surface area contributed by atoms with Crippen LogP contribution >= 0.6 is 0 Å². The van der Waals surface area contributed by atoms with Crippen molar-refractivity contribution < 1.29 is 45.8 Å². The van der Waals surface area contributed by atoms with Gasteiger partial charge in [-0.2, -0.15) is 31.3 Å². The molecule has 9 rings (SSSR count). The summed E-state index contributed by atoms with van der Waals surface area (Å²) in [5.41, 5.74) is 2.18. The summed E-state index contributed by atoms with van der Waals surface area (Å²) in [4.78, 5) is 51.1. The van der Waals surface area contributed by atoms with Crippen molar-refractivity contribution in [2.45, 2.75) is 88.5 Å². The molecule has 6 aromatic rings. The van der Waals surface area contributed by atoms with Crippen molar-refractivity contribution in [3.63, 3.8) is 0 Å². The summed E-state index contributed by atoms with van der Waals surface area (Å²) in [6, 6.07) is 14.6. The highest BCUT2D eigenvalue weighted by Gasteiger charge is 2.37. The van der Waals surface area contributed by atoms with Crippen LogP contribution in [0.1, 0.15) is 79.3 Å². The molecule has 2 amide bonds. The van der Waals surface area contributed by atoms with E-state index in [-0.39, 0.29) is 42.5 Å². The number of fused-ring (bicyclic) bond motifs is 2. The van der Waals surface area contributed by atoms with Gasteiger partial charge in [-0.25, -0.2) is 9.78 Å². The van der Waals surface area contributed by atoms with E-state index in [0.717, 1.165) is 79.9 Å². The van der Waals surface area contributed by atoms with Gasteiger partial charge in [-0.3, -0.25) is 33.8 Å². The van der Waals surface area contributed by atoms with E-state index in [2.05, 4.69) is 42.5 Å². The molecule has 0 spiro atoms. The summed E-state index contributed by atoms with van der Waals surface area (Å²) in [7, 11) is 1.69. The third kappa shape index (κ3) is 10.7. The highest BCUT2D eigenvalue weighted by Crippen LogP contribution is 2.40. The van der Waals surface area contributed by atoms with Gasteiger partial charge in [0.1, 0.15) is 11.7 Å². The molecule has 3 fully saturated rings. The second-order valence-electron chi connectivity index (χ2n) is 18.3. The number of carbonyl (C=O) groups is 2. The summed E-state index contributed by atoms with van der Waals surface area (Å²) in [6.45, 7) is 6.41. The summed E-state index contributed by atoms with van der Waals surface area (Å²) >= 11 is 0. The molecular formula is C49H53F6N9O5. The van der Waals surface area contributed by atoms with E-state index in [4.69, 9.17) is 4.74 Å². The number of ether oxygens (including phenoxy) is 1. The Hall–Kier alpha value is -6.09. The number of nitrogens with zero attached hydrogens (tertiary/aromatic N) is 7. The normalized spacial score (nSPS) is 20.0. The van der Waals surface area contributed by atoms with Crippen LogP contribution in [0, 0.1) is 0 Å². The summed E-state index contributed by atoms with van der Waals surface area (Å²) in [5.74, 6) is -0.933. The number of piperazine rings is 1. The summed E-state index contributed by atoms with van der Waals surface area (Å²) < 4.78 is 92.6. The number of piperidine rings is 1. The number of hydrogen-bond donors (Lipinski definition) is 3. The van der Waals surface area contributed by atoms with E-state index in [1.165, 1.54) is 10.8 Å². The zero-order valence-electron chi connectivity index (χ0n) is 38.0. The number of aliphatic hydroxyl groups is 1. The lowest BCUT2D eigenvalue weighted by molar-refractivity contribution is -0.143. The fraction of sp³-hybridized carbons (Fsp3) is 0.449. The number of halogens is 6. The zero-order chi connectivity index (χ0) is 48.6. The molecule has 1 aliphatic carbocycles. The second kappa shape index (κ2) is 19.7. The average Bonchev–Trinajstić information content (AvgIpc) is 3.81. The standard InChI is InChI=1S/C49H53F6N9O5/c1-60-42-23-30(6-13-40(42)64(47(60)68)41-14-15-43(66)58-45(41)67)3-2-21-69-22-20-61-16-18-62(19-17-61)28-31-4-7-32(8-5-31)39-29-63(36-9-11-37(65)12-10-36)44-38(39)27-56-46(59-44)57-35-25-33(48(50,51)52)24-34(26-35)49(53,54)55/h4-8,13,23-27,29,36-37,41,65H,2-3,9-12,14-22,28H2,1H3,(H,56,57,59)(H,58,66,67). The smallest absolute Gasteiger partial charge is 0.393 e. The van der Waals surface area contributed by atoms with E-state index in [0.29, 0.717) is 67.6 Å². The number of rotatable bonds is 14. The molecule has 2 saturated heterocycles. The van der Waals surface area contributed by atoms with Gasteiger partial charge < -0.3 is 19.7 Å². The number of carbonyl (C=O) groups excluding carboxylic acids is 2. The number of amides is 2. The van der Waals surface area contributed by atoms with Crippen LogP contribution in [-0.2, 0) is 46.7 Å². The average molecular weight is 962 g/mol. The van der Waals surface area contributed by atoms with Crippen LogP contribution in [0.5, 0.6) is 0 Å². The maximum atomic E-state index is 13.6. The molecule has 1 atom stereocenters. The molecule has 3 aromatic heterocycles. The molecular weight excluding hydrogens is 909 g/mol. The molecule has 3 aliphatic rings. The molecule has 14 nitrogen and oxygen atoms in total. The number of aryl methyl sites for hydroxylation is 2. The van der Waals surface area contributed by atoms with Crippen LogP contribution in [0.2, 0.25) is 0 Å². The van der Waals surface area contributed by atoms with Gasteiger partial charge in [-0.15, -0.1) is 0 Å². The topological polar surface area (TPSA) is 152 Å². The highest BCUT2D eigenvalue weighted by atomic mass is 19.4. The van der Waals surface area contributed by atoms with E-state index in [1.807, 2.05) is 41.1 Å². The van der Waals surface area contributed by atoms with Crippen LogP contribution in [-0.4, -0.2) is 102 Å². The Morgan fingerprint density at radius 3 is 2.17 bits per heavy atom. The first kappa shape index (κ1) is 48.0. The zero-order valence-corrected chi connectivity index (χ0v) is 38.0. The maximum absolute atomic E-state index is 13.6. The molecule has 1 saturated carbocycles. The van der Waals surface area contributed by atoms with Crippen molar-refractivity contribution in [3.8, 4) is 11.1 Å². The van der Waals surface area contributed by atoms with E-state index < -0.39 is 47.2 Å². The van der Waals surface area contributed by atoms with E-state index in [1.54, 1.807) is 11.6 Å². The molecule has 1 unspecified atom stereocenters. The summed E-state index contributed by atoms with van der Waals surface area (Å²) in [5, 5.41) is 15.8. The SMILES string of the molecule is Cn1c(=O)n(C2CCC(=O)NC2=O)c2ccc(CCCOCCN3CCN(Cc4ccc(-c5cn(C6CCC(O)CC6)c6nc(Nc7cc(C(F)(F)F)cc(C(F)(F)F)c7)ncc56)cc4)CC3)cc21. The van der Waals surface area contributed by atoms with Crippen LogP contribution in [0.25, 0.3) is 33.2 Å². The maximum Gasteiger partial charge on any atom is 0.416 e. The predicted molar refractivity (Wildman–Crippen MR) is 246 cm³/mol. The Kier molecular flexibility index (Phi) is 13.7. The molecule has 0 bridgehead atoms. The lowest BCUT2D eigenvalue weighted by atomic mass is 9.93. The number of imidazole rings is 1. The number of nitrogens with one attached hydrogen (secondary N) is 2. The predicted octanol–water partition coefficient (Wildman–Crippen LogP) is 7.75. The van der Waals surface area contributed by atoms with Gasteiger partial charge in [-0.05, 0) is 92.0 Å². The largest absolute Gasteiger partial charge is 0.416 e. The molecule has 3 N–H and O–H groups in total. The molecule has 69 heavy (non-hydrogen) atoms. The first-order valence-corrected chi connectivity index (χ1v) is 23.3. The number of alkyl halides is 6. The Bertz CT molecular complexity index is 2860. The fourth-order valence-electron chi connectivity index (χ4n) is 9.78. The third-order valence-corrected chi connectivity index (χ3v) is 13.6. The van der Waals surface area contributed by atoms with Crippen molar-refractivity contribution in [2.75, 3.05) is 51.3 Å². The number of anilines is 2. The number of imide groups is 1. The molecule has 5 heterocycles. The molecule has 366 valence electrons. The van der Waals surface area contributed by atoms with E-state index in [9.17, 15) is 45.8 Å². The van der Waals surface area contributed by atoms with Gasteiger partial charge in [0.05, 0.1) is 34.9 Å². The first-order valence-electron chi connectivity index (χ1n) is 23.3. The van der Waals surface area contributed by atoms with Gasteiger partial charge in [0.15, 0.2) is 0 Å². The molecule has 20 heteroatoms. The minimum absolute atomic E-state index is 0.0369. The van der Waals surface area contributed by atoms with Crippen molar-refractivity contribution >= 4 is 45.5 Å². The number of hydrogen-bond acceptors (Lipinski definition) is 10. The molecule has 3 aromatic carbocycles. The van der Waals surface area contributed by atoms with Crippen LogP contribution in [0.3, 0.4) is 0 Å². The lowest BCUT2D eigenvalue weighted by Gasteiger charge is -2.34. The van der Waals surface area contributed by atoms with Crippen LogP contribution in [0.15, 0.2) is 77.9 Å². The first-order chi connectivity index (χ1) is 33.0. The lowest BCUT2D eigenvalue weighted by Crippen LogP contribution is -2.46. The monoisotopic (exact) mass is 961 g/mol. The highest BCUT2D eigenvalue weighted by molar-refractivity contribution is 6.00. The fourth-order valence-corrected chi connectivity index (χ4v) is 9.78. The van der Waals surface area contributed by atoms with Crippen molar-refractivity contribution in [3.05, 3.63) is 106 Å². The van der Waals surface area contributed by atoms with Crippen LogP contribution in [0.4, 0.5) is 38.0 Å². The number of benzene rings is 3. The number of aliphatic hydroxyl groups excluding tert-OH is 1. The van der Waals surface area contributed by atoms with E-state index >= 15 is 0 Å².